The number of carbonyl (C=O) groups is 2. The monoisotopic (exact) mass is 276 g/mol. The highest BCUT2D eigenvalue weighted by Gasteiger charge is 2.14. The van der Waals surface area contributed by atoms with Crippen molar-refractivity contribution in [3.8, 4) is 11.8 Å². The molecule has 0 bridgehead atoms. The zero-order chi connectivity index (χ0) is 15.2. The van der Waals surface area contributed by atoms with Crippen LogP contribution in [0.15, 0.2) is 18.3 Å². The fraction of sp³-hybridized carbons (Fsp3) is 0.357. The van der Waals surface area contributed by atoms with Crippen LogP contribution in [0.2, 0.25) is 0 Å². The molecule has 6 heteroatoms. The van der Waals surface area contributed by atoms with Crippen molar-refractivity contribution in [1.82, 2.24) is 10.3 Å². The lowest BCUT2D eigenvalue weighted by Crippen LogP contribution is -2.32. The van der Waals surface area contributed by atoms with Crippen molar-refractivity contribution in [2.45, 2.75) is 26.4 Å². The Bertz CT molecular complexity index is 565. The van der Waals surface area contributed by atoms with Crippen molar-refractivity contribution >= 4 is 12.1 Å². The number of pyridine rings is 1. The molecule has 0 aliphatic carbocycles. The summed E-state index contributed by atoms with van der Waals surface area (Å²) >= 11 is 0. The molecule has 0 unspecified atom stereocenters. The Labute approximate surface area is 117 Å². The molecule has 1 aromatic rings. The number of aromatic carboxylic acids is 1. The molecule has 106 valence electrons. The van der Waals surface area contributed by atoms with Crippen molar-refractivity contribution in [2.24, 2.45) is 0 Å². The first kappa shape index (κ1) is 15.5. The van der Waals surface area contributed by atoms with E-state index in [9.17, 15) is 9.59 Å². The summed E-state index contributed by atoms with van der Waals surface area (Å²) in [7, 11) is 0. The van der Waals surface area contributed by atoms with Crippen LogP contribution < -0.4 is 5.32 Å². The van der Waals surface area contributed by atoms with Gasteiger partial charge < -0.3 is 15.2 Å². The Morgan fingerprint density at radius 2 is 2.15 bits per heavy atom. The number of hydrogen-bond donors (Lipinski definition) is 2. The van der Waals surface area contributed by atoms with Crippen LogP contribution in [0.4, 0.5) is 4.79 Å². The first-order valence-corrected chi connectivity index (χ1v) is 5.93. The van der Waals surface area contributed by atoms with Gasteiger partial charge in [0.15, 0.2) is 0 Å². The molecule has 0 spiro atoms. The van der Waals surface area contributed by atoms with Crippen LogP contribution in [-0.4, -0.2) is 34.3 Å². The van der Waals surface area contributed by atoms with E-state index in [-0.39, 0.29) is 12.2 Å². The number of carboxylic acid groups (broad SMARTS) is 1. The molecule has 0 atom stereocenters. The number of hydrogen-bond acceptors (Lipinski definition) is 4. The molecule has 0 aromatic carbocycles. The lowest BCUT2D eigenvalue weighted by molar-refractivity contribution is 0.0534. The van der Waals surface area contributed by atoms with E-state index in [0.29, 0.717) is 5.56 Å². The van der Waals surface area contributed by atoms with Gasteiger partial charge in [0.1, 0.15) is 11.3 Å². The smallest absolute Gasteiger partial charge is 0.408 e. The molecule has 1 heterocycles. The van der Waals surface area contributed by atoms with Gasteiger partial charge >= 0.3 is 12.1 Å². The predicted molar refractivity (Wildman–Crippen MR) is 72.3 cm³/mol. The van der Waals surface area contributed by atoms with E-state index in [4.69, 9.17) is 9.84 Å². The Hall–Kier alpha value is -2.55. The number of amides is 1. The number of carbonyl (C=O) groups excluding carboxylic acids is 1. The minimum Gasteiger partial charge on any atom is -0.477 e. The van der Waals surface area contributed by atoms with Gasteiger partial charge in [0, 0.05) is 11.8 Å². The molecule has 0 fully saturated rings. The molecule has 1 aromatic heterocycles. The number of rotatable bonds is 2. The number of nitrogens with one attached hydrogen (secondary N) is 1. The minimum absolute atomic E-state index is 0.0723. The fourth-order valence-corrected chi connectivity index (χ4v) is 1.20. The molecule has 1 rings (SSSR count). The molecular formula is C14H16N2O4. The van der Waals surface area contributed by atoms with Gasteiger partial charge in [-0.25, -0.2) is 14.6 Å². The highest BCUT2D eigenvalue weighted by atomic mass is 16.6. The summed E-state index contributed by atoms with van der Waals surface area (Å²) in [6.07, 6.45) is 0.821. The average Bonchev–Trinajstić information content (AvgIpc) is 2.33. The average molecular weight is 276 g/mol. The molecule has 0 saturated heterocycles. The first-order chi connectivity index (χ1) is 9.28. The lowest BCUT2D eigenvalue weighted by Gasteiger charge is -2.18. The van der Waals surface area contributed by atoms with Crippen LogP contribution in [0.5, 0.6) is 0 Å². The van der Waals surface area contributed by atoms with Crippen LogP contribution in [0.3, 0.4) is 0 Å². The normalized spacial score (nSPS) is 10.2. The van der Waals surface area contributed by atoms with E-state index in [1.807, 2.05) is 0 Å². The summed E-state index contributed by atoms with van der Waals surface area (Å²) in [5.41, 5.74) is -0.112. The van der Waals surface area contributed by atoms with Crippen molar-refractivity contribution in [1.29, 1.82) is 0 Å². The number of carboxylic acids is 1. The maximum atomic E-state index is 11.3. The van der Waals surface area contributed by atoms with Crippen LogP contribution in [-0.2, 0) is 4.74 Å². The van der Waals surface area contributed by atoms with Crippen LogP contribution in [0, 0.1) is 11.8 Å². The third-order valence-electron chi connectivity index (χ3n) is 1.93. The lowest BCUT2D eigenvalue weighted by atomic mass is 10.2. The van der Waals surface area contributed by atoms with Crippen LogP contribution >= 0.6 is 0 Å². The van der Waals surface area contributed by atoms with Crippen molar-refractivity contribution in [2.75, 3.05) is 6.54 Å². The second-order valence-corrected chi connectivity index (χ2v) is 4.89. The largest absolute Gasteiger partial charge is 0.477 e. The second kappa shape index (κ2) is 6.57. The van der Waals surface area contributed by atoms with Crippen LogP contribution in [0.25, 0.3) is 0 Å². The number of aromatic nitrogens is 1. The summed E-state index contributed by atoms with van der Waals surface area (Å²) in [5, 5.41) is 11.3. The highest BCUT2D eigenvalue weighted by Crippen LogP contribution is 2.06. The third kappa shape index (κ3) is 5.87. The van der Waals surface area contributed by atoms with Gasteiger partial charge in [0.25, 0.3) is 0 Å². The van der Waals surface area contributed by atoms with Gasteiger partial charge in [-0.3, -0.25) is 0 Å². The number of ether oxygens (including phenoxy) is 1. The van der Waals surface area contributed by atoms with Gasteiger partial charge in [0.2, 0.25) is 0 Å². The van der Waals surface area contributed by atoms with Gasteiger partial charge in [-0.2, -0.15) is 0 Å². The second-order valence-electron chi connectivity index (χ2n) is 4.89. The number of alkyl carbamates (subject to hydrolysis) is 1. The zero-order valence-electron chi connectivity index (χ0n) is 11.6. The fourth-order valence-electron chi connectivity index (χ4n) is 1.20. The summed E-state index contributed by atoms with van der Waals surface area (Å²) in [5.74, 6) is 4.33. The van der Waals surface area contributed by atoms with Crippen molar-refractivity contribution in [3.63, 3.8) is 0 Å². The quantitative estimate of drug-likeness (QED) is 0.802. The Kier molecular flexibility index (Phi) is 5.09. The Balaban J connectivity index is 2.53. The molecule has 1 amide bonds. The summed E-state index contributed by atoms with van der Waals surface area (Å²) in [6, 6.07) is 2.95. The first-order valence-electron chi connectivity index (χ1n) is 5.93. The topological polar surface area (TPSA) is 88.5 Å². The molecule has 20 heavy (non-hydrogen) atoms. The molecular weight excluding hydrogens is 260 g/mol. The van der Waals surface area contributed by atoms with E-state index >= 15 is 0 Å². The molecule has 0 saturated carbocycles. The predicted octanol–water partition coefficient (Wildman–Crippen LogP) is 1.66. The molecule has 0 aliphatic rings. The summed E-state index contributed by atoms with van der Waals surface area (Å²) in [4.78, 5) is 25.7. The van der Waals surface area contributed by atoms with E-state index in [1.165, 1.54) is 12.3 Å². The third-order valence-corrected chi connectivity index (χ3v) is 1.93. The standard InChI is InChI=1S/C14H16N2O4/c1-14(2,3)20-13(19)16-7-4-5-10-6-8-15-11(9-10)12(17)18/h6,8-9H,7H2,1-3H3,(H,16,19)(H,17,18). The van der Waals surface area contributed by atoms with Gasteiger partial charge in [-0.05, 0) is 32.9 Å². The highest BCUT2D eigenvalue weighted by molar-refractivity contribution is 5.85. The van der Waals surface area contributed by atoms with Gasteiger partial charge in [-0.1, -0.05) is 11.8 Å². The summed E-state index contributed by atoms with van der Waals surface area (Å²) < 4.78 is 5.04. The zero-order valence-corrected chi connectivity index (χ0v) is 11.6. The minimum atomic E-state index is -1.11. The molecule has 0 aliphatic heterocycles. The number of nitrogens with zero attached hydrogens (tertiary/aromatic N) is 1. The Morgan fingerprint density at radius 3 is 2.75 bits per heavy atom. The van der Waals surface area contributed by atoms with E-state index in [0.717, 1.165) is 0 Å². The van der Waals surface area contributed by atoms with Crippen molar-refractivity contribution in [3.05, 3.63) is 29.6 Å². The molecule has 2 N–H and O–H groups in total. The van der Waals surface area contributed by atoms with E-state index in [2.05, 4.69) is 22.1 Å². The van der Waals surface area contributed by atoms with Gasteiger partial charge in [-0.15, -0.1) is 0 Å². The SMILES string of the molecule is CC(C)(C)OC(=O)NCC#Cc1ccnc(C(=O)O)c1. The Morgan fingerprint density at radius 1 is 1.45 bits per heavy atom. The maximum Gasteiger partial charge on any atom is 0.408 e. The van der Waals surface area contributed by atoms with Crippen molar-refractivity contribution < 1.29 is 19.4 Å². The van der Waals surface area contributed by atoms with E-state index in [1.54, 1.807) is 26.8 Å². The molecule has 6 nitrogen and oxygen atoms in total. The molecule has 0 radical (unpaired) electrons. The summed E-state index contributed by atoms with van der Waals surface area (Å²) in [6.45, 7) is 5.41. The van der Waals surface area contributed by atoms with Gasteiger partial charge in [0.05, 0.1) is 6.54 Å². The maximum absolute atomic E-state index is 11.3. The van der Waals surface area contributed by atoms with E-state index < -0.39 is 17.7 Å². The van der Waals surface area contributed by atoms with Crippen LogP contribution in [0.1, 0.15) is 36.8 Å².